The van der Waals surface area contributed by atoms with Crippen molar-refractivity contribution in [1.29, 1.82) is 0 Å². The van der Waals surface area contributed by atoms with E-state index in [-0.39, 0.29) is 5.91 Å². The first-order valence-electron chi connectivity index (χ1n) is 9.02. The normalized spacial score (nSPS) is 15.0. The fourth-order valence-electron chi connectivity index (χ4n) is 3.21. The predicted octanol–water partition coefficient (Wildman–Crippen LogP) is 3.23. The largest absolute Gasteiger partial charge is 0.385 e. The summed E-state index contributed by atoms with van der Waals surface area (Å²) in [5.74, 6) is 0.887. The van der Waals surface area contributed by atoms with Crippen LogP contribution in [-0.2, 0) is 4.79 Å². The van der Waals surface area contributed by atoms with E-state index >= 15 is 0 Å². The molecule has 25 heavy (non-hydrogen) atoms. The van der Waals surface area contributed by atoms with Gasteiger partial charge < -0.3 is 15.5 Å². The Bertz CT molecular complexity index is 639. The molecule has 1 aromatic carbocycles. The van der Waals surface area contributed by atoms with E-state index in [1.54, 1.807) is 12.4 Å². The molecule has 5 nitrogen and oxygen atoms in total. The molecule has 0 saturated carbocycles. The number of benzene rings is 1. The Morgan fingerprint density at radius 2 is 1.68 bits per heavy atom. The Labute approximate surface area is 149 Å². The number of nitrogens with zero attached hydrogens (tertiary/aromatic N) is 2. The van der Waals surface area contributed by atoms with Crippen LogP contribution in [0.1, 0.15) is 19.3 Å². The van der Waals surface area contributed by atoms with Crippen molar-refractivity contribution in [3.8, 4) is 0 Å². The fourth-order valence-corrected chi connectivity index (χ4v) is 3.21. The monoisotopic (exact) mass is 338 g/mol. The van der Waals surface area contributed by atoms with Crippen LogP contribution in [0.25, 0.3) is 0 Å². The van der Waals surface area contributed by atoms with E-state index in [1.807, 2.05) is 47.4 Å². The Balaban J connectivity index is 1.33. The summed E-state index contributed by atoms with van der Waals surface area (Å²) >= 11 is 0. The Kier molecular flexibility index (Phi) is 6.26. The second kappa shape index (κ2) is 9.06. The summed E-state index contributed by atoms with van der Waals surface area (Å²) in [7, 11) is 0. The number of aromatic nitrogens is 1. The molecule has 0 bridgehead atoms. The van der Waals surface area contributed by atoms with E-state index in [0.29, 0.717) is 12.5 Å². The number of carbonyl (C=O) groups is 1. The van der Waals surface area contributed by atoms with Gasteiger partial charge >= 0.3 is 0 Å². The van der Waals surface area contributed by atoms with Crippen molar-refractivity contribution in [2.45, 2.75) is 19.3 Å². The molecule has 2 N–H and O–H groups in total. The highest BCUT2D eigenvalue weighted by atomic mass is 16.2. The van der Waals surface area contributed by atoms with Gasteiger partial charge in [-0.25, -0.2) is 0 Å². The third-order valence-corrected chi connectivity index (χ3v) is 4.75. The molecule has 3 rings (SSSR count). The lowest BCUT2D eigenvalue weighted by molar-refractivity contribution is -0.130. The molecule has 5 heteroatoms. The minimum absolute atomic E-state index is 0.192. The second-order valence-electron chi connectivity index (χ2n) is 6.50. The topological polar surface area (TPSA) is 57.3 Å². The molecule has 0 atom stereocenters. The zero-order valence-corrected chi connectivity index (χ0v) is 14.5. The number of hydrogen-bond donors (Lipinski definition) is 2. The van der Waals surface area contributed by atoms with Gasteiger partial charge in [0.25, 0.3) is 0 Å². The van der Waals surface area contributed by atoms with Crippen LogP contribution in [0.15, 0.2) is 54.9 Å². The van der Waals surface area contributed by atoms with Crippen molar-refractivity contribution in [2.75, 3.05) is 36.8 Å². The molecule has 0 radical (unpaired) electrons. The summed E-state index contributed by atoms with van der Waals surface area (Å²) in [6.07, 6.45) is 6.93. The molecule has 0 aliphatic carbocycles. The first kappa shape index (κ1) is 17.3. The SMILES string of the molecule is O=C(CNc1ccccc1)N1CCC(CCNc2ccncc2)CC1. The highest BCUT2D eigenvalue weighted by Gasteiger charge is 2.22. The number of rotatable bonds is 7. The molecule has 2 heterocycles. The van der Waals surface area contributed by atoms with E-state index in [2.05, 4.69) is 15.6 Å². The van der Waals surface area contributed by atoms with Gasteiger partial charge in [-0.1, -0.05) is 18.2 Å². The first-order chi connectivity index (χ1) is 12.3. The number of nitrogens with one attached hydrogen (secondary N) is 2. The maximum absolute atomic E-state index is 12.3. The van der Waals surface area contributed by atoms with Gasteiger partial charge in [-0.15, -0.1) is 0 Å². The Hall–Kier alpha value is -2.56. The number of pyridine rings is 1. The number of piperidine rings is 1. The molecule has 1 fully saturated rings. The second-order valence-corrected chi connectivity index (χ2v) is 6.50. The van der Waals surface area contributed by atoms with E-state index in [0.717, 1.165) is 50.3 Å². The molecule has 0 spiro atoms. The van der Waals surface area contributed by atoms with E-state index in [4.69, 9.17) is 0 Å². The van der Waals surface area contributed by atoms with Gasteiger partial charge in [0, 0.05) is 43.4 Å². The van der Waals surface area contributed by atoms with Gasteiger partial charge in [0.15, 0.2) is 0 Å². The van der Waals surface area contributed by atoms with Crippen molar-refractivity contribution in [1.82, 2.24) is 9.88 Å². The quantitative estimate of drug-likeness (QED) is 0.814. The van der Waals surface area contributed by atoms with Crippen molar-refractivity contribution < 1.29 is 4.79 Å². The number of carbonyl (C=O) groups excluding carboxylic acids is 1. The summed E-state index contributed by atoms with van der Waals surface area (Å²) in [6, 6.07) is 13.9. The molecule has 1 aliphatic rings. The van der Waals surface area contributed by atoms with Gasteiger partial charge in [0.2, 0.25) is 5.91 Å². The summed E-state index contributed by atoms with van der Waals surface area (Å²) in [5, 5.41) is 6.63. The van der Waals surface area contributed by atoms with Crippen molar-refractivity contribution >= 4 is 17.3 Å². The molecular formula is C20H26N4O. The number of para-hydroxylation sites is 1. The fraction of sp³-hybridized carbons (Fsp3) is 0.400. The molecule has 1 saturated heterocycles. The number of amides is 1. The molecule has 1 amide bonds. The predicted molar refractivity (Wildman–Crippen MR) is 102 cm³/mol. The highest BCUT2D eigenvalue weighted by Crippen LogP contribution is 2.21. The summed E-state index contributed by atoms with van der Waals surface area (Å²) in [6.45, 7) is 3.08. The van der Waals surface area contributed by atoms with E-state index in [1.165, 1.54) is 0 Å². The van der Waals surface area contributed by atoms with Crippen LogP contribution in [0, 0.1) is 5.92 Å². The smallest absolute Gasteiger partial charge is 0.241 e. The first-order valence-corrected chi connectivity index (χ1v) is 9.02. The lowest BCUT2D eigenvalue weighted by Gasteiger charge is -2.32. The molecular weight excluding hydrogens is 312 g/mol. The Morgan fingerprint density at radius 1 is 1.00 bits per heavy atom. The number of anilines is 2. The third-order valence-electron chi connectivity index (χ3n) is 4.75. The third kappa shape index (κ3) is 5.48. The van der Waals surface area contributed by atoms with Gasteiger partial charge in [0.1, 0.15) is 0 Å². The maximum atomic E-state index is 12.3. The van der Waals surface area contributed by atoms with Gasteiger partial charge in [-0.3, -0.25) is 9.78 Å². The number of likely N-dealkylation sites (tertiary alicyclic amines) is 1. The zero-order chi connectivity index (χ0) is 17.3. The summed E-state index contributed by atoms with van der Waals surface area (Å²) in [5.41, 5.74) is 2.11. The summed E-state index contributed by atoms with van der Waals surface area (Å²) < 4.78 is 0. The van der Waals surface area contributed by atoms with E-state index in [9.17, 15) is 4.79 Å². The average Bonchev–Trinajstić information content (AvgIpc) is 2.68. The van der Waals surface area contributed by atoms with Crippen LogP contribution in [0.2, 0.25) is 0 Å². The van der Waals surface area contributed by atoms with Gasteiger partial charge in [0.05, 0.1) is 6.54 Å². The maximum Gasteiger partial charge on any atom is 0.241 e. The van der Waals surface area contributed by atoms with Crippen molar-refractivity contribution in [3.05, 3.63) is 54.9 Å². The average molecular weight is 338 g/mol. The van der Waals surface area contributed by atoms with Crippen LogP contribution in [-0.4, -0.2) is 42.0 Å². The molecule has 132 valence electrons. The standard InChI is InChI=1S/C20H26N4O/c25-20(16-23-18-4-2-1-3-5-18)24-14-9-17(10-15-24)6-13-22-19-7-11-21-12-8-19/h1-5,7-8,11-12,17,23H,6,9-10,13-16H2,(H,21,22). The lowest BCUT2D eigenvalue weighted by atomic mass is 9.93. The van der Waals surface area contributed by atoms with Crippen LogP contribution in [0.4, 0.5) is 11.4 Å². The van der Waals surface area contributed by atoms with Crippen molar-refractivity contribution in [2.24, 2.45) is 5.92 Å². The molecule has 2 aromatic rings. The highest BCUT2D eigenvalue weighted by molar-refractivity contribution is 5.80. The summed E-state index contributed by atoms with van der Waals surface area (Å²) in [4.78, 5) is 18.3. The number of hydrogen-bond acceptors (Lipinski definition) is 4. The van der Waals surface area contributed by atoms with E-state index < -0.39 is 0 Å². The Morgan fingerprint density at radius 3 is 2.40 bits per heavy atom. The van der Waals surface area contributed by atoms with Crippen molar-refractivity contribution in [3.63, 3.8) is 0 Å². The molecule has 1 aromatic heterocycles. The van der Waals surface area contributed by atoms with Crippen LogP contribution < -0.4 is 10.6 Å². The minimum atomic E-state index is 0.192. The van der Waals surface area contributed by atoms with Gasteiger partial charge in [-0.2, -0.15) is 0 Å². The molecule has 0 unspecified atom stereocenters. The zero-order valence-electron chi connectivity index (χ0n) is 14.5. The van der Waals surface area contributed by atoms with Crippen LogP contribution in [0.5, 0.6) is 0 Å². The van der Waals surface area contributed by atoms with Gasteiger partial charge in [-0.05, 0) is 49.4 Å². The van der Waals surface area contributed by atoms with Crippen LogP contribution in [0.3, 0.4) is 0 Å². The van der Waals surface area contributed by atoms with Crippen LogP contribution >= 0.6 is 0 Å². The lowest BCUT2D eigenvalue weighted by Crippen LogP contribution is -2.41. The minimum Gasteiger partial charge on any atom is -0.385 e. The molecule has 1 aliphatic heterocycles.